The van der Waals surface area contributed by atoms with Crippen molar-refractivity contribution in [3.05, 3.63) is 47.3 Å². The molecule has 1 aromatic carbocycles. The Morgan fingerprint density at radius 2 is 1.73 bits per heavy atom. The van der Waals surface area contributed by atoms with E-state index >= 15 is 0 Å². The largest absolute Gasteiger partial charge is 0.383 e. The molecule has 2 aromatic rings. The van der Waals surface area contributed by atoms with Crippen LogP contribution in [0, 0.1) is 0 Å². The predicted octanol–water partition coefficient (Wildman–Crippen LogP) is 5.05. The van der Waals surface area contributed by atoms with Crippen LogP contribution in [0.4, 0.5) is 0 Å². The van der Waals surface area contributed by atoms with Gasteiger partial charge in [0.2, 0.25) is 0 Å². The van der Waals surface area contributed by atoms with Crippen LogP contribution in [-0.2, 0) is 24.1 Å². The number of rotatable bonds is 7. The van der Waals surface area contributed by atoms with Gasteiger partial charge in [0.15, 0.2) is 0 Å². The molecule has 0 aliphatic rings. The molecule has 0 spiro atoms. The smallest absolute Gasteiger partial charge is 0.0641 e. The molecule has 22 heavy (non-hydrogen) atoms. The molecule has 0 unspecified atom stereocenters. The minimum Gasteiger partial charge on any atom is -0.383 e. The third-order valence-corrected chi connectivity index (χ3v) is 4.33. The Kier molecular flexibility index (Phi) is 5.84. The monoisotopic (exact) mass is 299 g/mol. The summed E-state index contributed by atoms with van der Waals surface area (Å²) in [5.41, 5.74) is 7.23. The van der Waals surface area contributed by atoms with Crippen LogP contribution in [0.2, 0.25) is 0 Å². The van der Waals surface area contributed by atoms with Crippen molar-refractivity contribution >= 4 is 0 Å². The fourth-order valence-corrected chi connectivity index (χ4v) is 3.51. The molecule has 0 bridgehead atoms. The Bertz CT molecular complexity index is 596. The van der Waals surface area contributed by atoms with Gasteiger partial charge in [0.25, 0.3) is 0 Å². The second kappa shape index (κ2) is 7.64. The van der Waals surface area contributed by atoms with E-state index in [0.29, 0.717) is 5.92 Å². The van der Waals surface area contributed by atoms with E-state index < -0.39 is 0 Å². The van der Waals surface area contributed by atoms with Crippen molar-refractivity contribution < 1.29 is 4.74 Å². The van der Waals surface area contributed by atoms with E-state index in [1.54, 1.807) is 7.11 Å². The van der Waals surface area contributed by atoms with Crippen LogP contribution < -0.4 is 0 Å². The van der Waals surface area contributed by atoms with Gasteiger partial charge in [-0.05, 0) is 29.9 Å². The molecule has 0 saturated carbocycles. The van der Waals surface area contributed by atoms with E-state index in [4.69, 9.17) is 4.74 Å². The van der Waals surface area contributed by atoms with Crippen molar-refractivity contribution in [2.45, 2.75) is 53.0 Å². The zero-order valence-electron chi connectivity index (χ0n) is 14.6. The molecule has 0 fully saturated rings. The normalized spacial score (nSPS) is 11.4. The van der Waals surface area contributed by atoms with E-state index in [1.807, 2.05) is 0 Å². The number of aromatic nitrogens is 1. The van der Waals surface area contributed by atoms with Gasteiger partial charge in [-0.3, -0.25) is 0 Å². The summed E-state index contributed by atoms with van der Waals surface area (Å²) in [7, 11) is 1.78. The van der Waals surface area contributed by atoms with E-state index in [-0.39, 0.29) is 0 Å². The van der Waals surface area contributed by atoms with Gasteiger partial charge in [-0.2, -0.15) is 0 Å². The number of ether oxygens (including phenoxy) is 1. The van der Waals surface area contributed by atoms with Crippen LogP contribution in [0.15, 0.2) is 30.3 Å². The molecular weight excluding hydrogens is 270 g/mol. The Morgan fingerprint density at radius 1 is 1.05 bits per heavy atom. The number of methoxy groups -OCH3 is 1. The Morgan fingerprint density at radius 3 is 2.23 bits per heavy atom. The summed E-state index contributed by atoms with van der Waals surface area (Å²) >= 11 is 0. The van der Waals surface area contributed by atoms with Crippen LogP contribution in [0.1, 0.15) is 50.6 Å². The first-order valence-corrected chi connectivity index (χ1v) is 8.44. The van der Waals surface area contributed by atoms with Gasteiger partial charge in [0, 0.05) is 30.6 Å². The van der Waals surface area contributed by atoms with E-state index in [2.05, 4.69) is 62.6 Å². The summed E-state index contributed by atoms with van der Waals surface area (Å²) in [5.74, 6) is 0.523. The number of nitrogens with zero attached hydrogens (tertiary/aromatic N) is 1. The molecule has 120 valence electrons. The Balaban J connectivity index is 2.70. The average Bonchev–Trinajstić information content (AvgIpc) is 2.87. The summed E-state index contributed by atoms with van der Waals surface area (Å²) in [5, 5.41) is 0. The second-order valence-electron chi connectivity index (χ2n) is 6.06. The molecule has 0 aliphatic carbocycles. The van der Waals surface area contributed by atoms with Gasteiger partial charge >= 0.3 is 0 Å². The Labute approximate surface area is 135 Å². The second-order valence-corrected chi connectivity index (χ2v) is 6.06. The van der Waals surface area contributed by atoms with Crippen LogP contribution >= 0.6 is 0 Å². The average molecular weight is 299 g/mol. The van der Waals surface area contributed by atoms with Crippen LogP contribution in [0.3, 0.4) is 0 Å². The summed E-state index contributed by atoms with van der Waals surface area (Å²) in [4.78, 5) is 0. The van der Waals surface area contributed by atoms with Gasteiger partial charge in [-0.15, -0.1) is 0 Å². The van der Waals surface area contributed by atoms with E-state index in [0.717, 1.165) is 26.0 Å². The maximum absolute atomic E-state index is 5.35. The van der Waals surface area contributed by atoms with Gasteiger partial charge < -0.3 is 9.30 Å². The van der Waals surface area contributed by atoms with Gasteiger partial charge in [-0.25, -0.2) is 0 Å². The van der Waals surface area contributed by atoms with Crippen molar-refractivity contribution in [2.24, 2.45) is 0 Å². The first-order valence-electron chi connectivity index (χ1n) is 8.44. The zero-order valence-corrected chi connectivity index (χ0v) is 14.6. The lowest BCUT2D eigenvalue weighted by molar-refractivity contribution is 0.185. The highest BCUT2D eigenvalue weighted by Crippen LogP contribution is 2.37. The molecule has 0 aliphatic heterocycles. The molecule has 0 atom stereocenters. The van der Waals surface area contributed by atoms with Crippen LogP contribution in [-0.4, -0.2) is 18.3 Å². The Hall–Kier alpha value is -1.54. The molecule has 0 amide bonds. The molecule has 0 radical (unpaired) electrons. The first-order chi connectivity index (χ1) is 10.7. The zero-order chi connectivity index (χ0) is 16.1. The number of hydrogen-bond acceptors (Lipinski definition) is 1. The molecule has 2 rings (SSSR count). The highest BCUT2D eigenvalue weighted by atomic mass is 16.5. The summed E-state index contributed by atoms with van der Waals surface area (Å²) in [6.07, 6.45) is 2.12. The van der Waals surface area contributed by atoms with Crippen molar-refractivity contribution in [1.82, 2.24) is 4.57 Å². The van der Waals surface area contributed by atoms with Crippen molar-refractivity contribution in [1.29, 1.82) is 0 Å². The third kappa shape index (κ3) is 3.12. The highest BCUT2D eigenvalue weighted by Gasteiger charge is 2.23. The minimum absolute atomic E-state index is 0.523. The maximum Gasteiger partial charge on any atom is 0.0641 e. The highest BCUT2D eigenvalue weighted by molar-refractivity contribution is 5.72. The summed E-state index contributed by atoms with van der Waals surface area (Å²) in [6.45, 7) is 10.8. The third-order valence-electron chi connectivity index (χ3n) is 4.33. The molecule has 1 aromatic heterocycles. The molecule has 2 nitrogen and oxygen atoms in total. The number of hydrogen-bond donors (Lipinski definition) is 0. The molecular formula is C20H29NO. The quantitative estimate of drug-likeness (QED) is 0.698. The summed E-state index contributed by atoms with van der Waals surface area (Å²) < 4.78 is 7.86. The molecule has 0 saturated heterocycles. The molecule has 2 heteroatoms. The molecule has 1 heterocycles. The topological polar surface area (TPSA) is 14.2 Å². The SMILES string of the molecule is CCc1c(-c2ccccc2)c(CC)n(CCOC)c1C(C)C. The number of benzene rings is 1. The maximum atomic E-state index is 5.35. The van der Waals surface area contributed by atoms with Gasteiger partial charge in [-0.1, -0.05) is 58.0 Å². The van der Waals surface area contributed by atoms with Crippen LogP contribution in [0.25, 0.3) is 11.1 Å². The van der Waals surface area contributed by atoms with Gasteiger partial charge in [0.05, 0.1) is 6.61 Å². The lowest BCUT2D eigenvalue weighted by Crippen LogP contribution is -2.12. The van der Waals surface area contributed by atoms with E-state index in [1.165, 1.54) is 28.1 Å². The van der Waals surface area contributed by atoms with Crippen molar-refractivity contribution in [3.8, 4) is 11.1 Å². The summed E-state index contributed by atoms with van der Waals surface area (Å²) in [6, 6.07) is 10.8. The predicted molar refractivity (Wildman–Crippen MR) is 94.6 cm³/mol. The fourth-order valence-electron chi connectivity index (χ4n) is 3.51. The van der Waals surface area contributed by atoms with E-state index in [9.17, 15) is 0 Å². The van der Waals surface area contributed by atoms with Crippen LogP contribution in [0.5, 0.6) is 0 Å². The van der Waals surface area contributed by atoms with Crippen molar-refractivity contribution in [2.75, 3.05) is 13.7 Å². The minimum atomic E-state index is 0.523. The fraction of sp³-hybridized carbons (Fsp3) is 0.500. The van der Waals surface area contributed by atoms with Crippen molar-refractivity contribution in [3.63, 3.8) is 0 Å². The molecule has 0 N–H and O–H groups in total. The first kappa shape index (κ1) is 16.8. The standard InChI is InChI=1S/C20H29NO/c1-6-17-19(16-11-9-8-10-12-16)18(7-2)21(13-14-22-5)20(17)15(3)4/h8-12,15H,6-7,13-14H2,1-5H3. The lowest BCUT2D eigenvalue weighted by Gasteiger charge is -2.16. The van der Waals surface area contributed by atoms with Gasteiger partial charge in [0.1, 0.15) is 0 Å². The lowest BCUT2D eigenvalue weighted by atomic mass is 9.95.